The zero-order valence-corrected chi connectivity index (χ0v) is 12.8. The summed E-state index contributed by atoms with van der Waals surface area (Å²) < 4.78 is 13.4. The molecule has 0 amide bonds. The van der Waals surface area contributed by atoms with Crippen molar-refractivity contribution in [3.8, 4) is 6.07 Å². The van der Waals surface area contributed by atoms with Gasteiger partial charge in [-0.25, -0.2) is 4.39 Å². The van der Waals surface area contributed by atoms with Gasteiger partial charge in [0.1, 0.15) is 11.5 Å². The molecule has 3 rings (SSSR count). The fourth-order valence-electron chi connectivity index (χ4n) is 2.70. The molecular formula is C18H15FN4O. The summed E-state index contributed by atoms with van der Waals surface area (Å²) in [5, 5.41) is 20.4. The molecule has 0 atom stereocenters. The van der Waals surface area contributed by atoms with Crippen LogP contribution in [0.4, 0.5) is 10.1 Å². The molecule has 0 unspecified atom stereocenters. The number of hydrogen-bond acceptors (Lipinski definition) is 5. The SMILES string of the molecule is N#CC1CC(Nc2cc(C=O)cnc2C(=N)c2cccc(F)c2)C1. The molecule has 5 nitrogen and oxygen atoms in total. The summed E-state index contributed by atoms with van der Waals surface area (Å²) in [6.45, 7) is 0. The van der Waals surface area contributed by atoms with Crippen LogP contribution in [0.3, 0.4) is 0 Å². The van der Waals surface area contributed by atoms with Gasteiger partial charge < -0.3 is 5.32 Å². The van der Waals surface area contributed by atoms with Crippen LogP contribution in [-0.2, 0) is 0 Å². The summed E-state index contributed by atoms with van der Waals surface area (Å²) in [7, 11) is 0. The van der Waals surface area contributed by atoms with E-state index in [0.717, 1.165) is 0 Å². The van der Waals surface area contributed by atoms with Crippen molar-refractivity contribution in [3.05, 3.63) is 59.2 Å². The van der Waals surface area contributed by atoms with E-state index >= 15 is 0 Å². The number of aromatic nitrogens is 1. The number of nitriles is 1. The molecular weight excluding hydrogens is 307 g/mol. The monoisotopic (exact) mass is 322 g/mol. The first-order valence-electron chi connectivity index (χ1n) is 7.57. The number of anilines is 1. The molecule has 1 saturated carbocycles. The molecule has 0 bridgehead atoms. The lowest BCUT2D eigenvalue weighted by molar-refractivity contribution is 0.112. The fourth-order valence-corrected chi connectivity index (χ4v) is 2.70. The Labute approximate surface area is 138 Å². The van der Waals surface area contributed by atoms with Crippen LogP contribution in [0, 0.1) is 28.5 Å². The number of nitrogens with zero attached hydrogens (tertiary/aromatic N) is 2. The van der Waals surface area contributed by atoms with E-state index < -0.39 is 5.82 Å². The Morgan fingerprint density at radius 2 is 2.21 bits per heavy atom. The van der Waals surface area contributed by atoms with Gasteiger partial charge in [-0.15, -0.1) is 0 Å². The smallest absolute Gasteiger partial charge is 0.151 e. The van der Waals surface area contributed by atoms with E-state index in [9.17, 15) is 9.18 Å². The van der Waals surface area contributed by atoms with Crippen LogP contribution >= 0.6 is 0 Å². The summed E-state index contributed by atoms with van der Waals surface area (Å²) in [4.78, 5) is 15.2. The Morgan fingerprint density at radius 1 is 1.42 bits per heavy atom. The van der Waals surface area contributed by atoms with E-state index in [-0.39, 0.29) is 17.7 Å². The van der Waals surface area contributed by atoms with Gasteiger partial charge in [-0.3, -0.25) is 15.2 Å². The Balaban J connectivity index is 1.90. The van der Waals surface area contributed by atoms with Crippen molar-refractivity contribution in [2.75, 3.05) is 5.32 Å². The van der Waals surface area contributed by atoms with Gasteiger partial charge in [0.15, 0.2) is 6.29 Å². The van der Waals surface area contributed by atoms with Crippen molar-refractivity contribution in [3.63, 3.8) is 0 Å². The van der Waals surface area contributed by atoms with Crippen molar-refractivity contribution in [2.24, 2.45) is 5.92 Å². The standard InChI is InChI=1S/C18H15FN4O/c19-14-3-1-2-13(7-14)17(21)18-16(6-12(10-24)9-22-18)23-15-4-11(5-15)8-20/h1-3,6-7,9-11,15,21,23H,4-5H2. The average Bonchev–Trinajstić information content (AvgIpc) is 2.56. The largest absolute Gasteiger partial charge is 0.380 e. The third-order valence-electron chi connectivity index (χ3n) is 4.08. The van der Waals surface area contributed by atoms with E-state index in [2.05, 4.69) is 16.4 Å². The Bertz CT molecular complexity index is 837. The molecule has 1 heterocycles. The Kier molecular flexibility index (Phi) is 4.34. The van der Waals surface area contributed by atoms with Crippen LogP contribution in [0.5, 0.6) is 0 Å². The molecule has 1 aromatic heterocycles. The summed E-state index contributed by atoms with van der Waals surface area (Å²) >= 11 is 0. The molecule has 1 aliphatic rings. The van der Waals surface area contributed by atoms with Crippen molar-refractivity contribution >= 4 is 17.7 Å². The van der Waals surface area contributed by atoms with Gasteiger partial charge in [-0.05, 0) is 31.0 Å². The second-order valence-electron chi connectivity index (χ2n) is 5.81. The van der Waals surface area contributed by atoms with Crippen molar-refractivity contribution in [1.29, 1.82) is 10.7 Å². The summed E-state index contributed by atoms with van der Waals surface area (Å²) in [5.74, 6) is -0.386. The van der Waals surface area contributed by atoms with E-state index in [1.165, 1.54) is 24.4 Å². The summed E-state index contributed by atoms with van der Waals surface area (Å²) in [6, 6.07) is 9.71. The lowest BCUT2D eigenvalue weighted by Gasteiger charge is -2.32. The lowest BCUT2D eigenvalue weighted by Crippen LogP contribution is -2.35. The molecule has 0 aliphatic heterocycles. The van der Waals surface area contributed by atoms with Gasteiger partial charge in [0, 0.05) is 23.4 Å². The van der Waals surface area contributed by atoms with Crippen molar-refractivity contribution in [1.82, 2.24) is 4.98 Å². The third-order valence-corrected chi connectivity index (χ3v) is 4.08. The molecule has 0 saturated heterocycles. The zero-order chi connectivity index (χ0) is 17.1. The number of carbonyl (C=O) groups is 1. The van der Waals surface area contributed by atoms with Crippen LogP contribution in [-0.4, -0.2) is 23.0 Å². The molecule has 1 aliphatic carbocycles. The first-order chi connectivity index (χ1) is 11.6. The highest BCUT2D eigenvalue weighted by Gasteiger charge is 2.29. The molecule has 6 heteroatoms. The number of carbonyl (C=O) groups excluding carboxylic acids is 1. The molecule has 2 N–H and O–H groups in total. The maximum atomic E-state index is 13.4. The normalized spacial score (nSPS) is 19.0. The Hall–Kier alpha value is -3.07. The number of rotatable bonds is 5. The van der Waals surface area contributed by atoms with Gasteiger partial charge >= 0.3 is 0 Å². The van der Waals surface area contributed by atoms with Crippen LogP contribution in [0.2, 0.25) is 0 Å². The molecule has 1 aromatic carbocycles. The van der Waals surface area contributed by atoms with E-state index in [0.29, 0.717) is 41.6 Å². The first kappa shape index (κ1) is 15.8. The number of halogens is 1. The molecule has 2 aromatic rings. The van der Waals surface area contributed by atoms with Crippen LogP contribution in [0.15, 0.2) is 36.5 Å². The first-order valence-corrected chi connectivity index (χ1v) is 7.57. The summed E-state index contributed by atoms with van der Waals surface area (Å²) in [6.07, 6.45) is 3.51. The van der Waals surface area contributed by atoms with Gasteiger partial charge in [0.25, 0.3) is 0 Å². The maximum Gasteiger partial charge on any atom is 0.151 e. The third kappa shape index (κ3) is 3.15. The fraction of sp³-hybridized carbons (Fsp3) is 0.222. The molecule has 1 fully saturated rings. The van der Waals surface area contributed by atoms with Gasteiger partial charge in [0.05, 0.1) is 23.4 Å². The van der Waals surface area contributed by atoms with Crippen LogP contribution in [0.25, 0.3) is 0 Å². The molecule has 24 heavy (non-hydrogen) atoms. The molecule has 0 spiro atoms. The highest BCUT2D eigenvalue weighted by molar-refractivity contribution is 6.13. The molecule has 120 valence electrons. The van der Waals surface area contributed by atoms with Crippen LogP contribution in [0.1, 0.15) is 34.5 Å². The number of benzene rings is 1. The number of hydrogen-bond donors (Lipinski definition) is 2. The molecule has 0 radical (unpaired) electrons. The van der Waals surface area contributed by atoms with Gasteiger partial charge in [0.2, 0.25) is 0 Å². The number of aldehydes is 1. The second-order valence-corrected chi connectivity index (χ2v) is 5.81. The highest BCUT2D eigenvalue weighted by atomic mass is 19.1. The maximum absolute atomic E-state index is 13.4. The summed E-state index contributed by atoms with van der Waals surface area (Å²) in [5.41, 5.74) is 1.78. The lowest BCUT2D eigenvalue weighted by atomic mass is 9.81. The quantitative estimate of drug-likeness (QED) is 0.653. The van der Waals surface area contributed by atoms with E-state index in [1.807, 2.05) is 0 Å². The van der Waals surface area contributed by atoms with Crippen molar-refractivity contribution in [2.45, 2.75) is 18.9 Å². The van der Waals surface area contributed by atoms with Gasteiger partial charge in [-0.2, -0.15) is 5.26 Å². The minimum absolute atomic E-state index is 0.0378. The highest BCUT2D eigenvalue weighted by Crippen LogP contribution is 2.31. The second kappa shape index (κ2) is 6.59. The number of nitrogens with one attached hydrogen (secondary N) is 2. The van der Waals surface area contributed by atoms with Gasteiger partial charge in [-0.1, -0.05) is 12.1 Å². The number of pyridine rings is 1. The van der Waals surface area contributed by atoms with Crippen molar-refractivity contribution < 1.29 is 9.18 Å². The minimum Gasteiger partial charge on any atom is -0.380 e. The van der Waals surface area contributed by atoms with E-state index in [1.54, 1.807) is 12.1 Å². The van der Waals surface area contributed by atoms with E-state index in [4.69, 9.17) is 10.7 Å². The zero-order valence-electron chi connectivity index (χ0n) is 12.8. The topological polar surface area (TPSA) is 89.6 Å². The minimum atomic E-state index is -0.424. The Morgan fingerprint density at radius 3 is 2.88 bits per heavy atom. The average molecular weight is 322 g/mol. The predicted octanol–water partition coefficient (Wildman–Crippen LogP) is 3.16. The predicted molar refractivity (Wildman–Crippen MR) is 87.7 cm³/mol. The van der Waals surface area contributed by atoms with Crippen LogP contribution < -0.4 is 5.32 Å².